The van der Waals surface area contributed by atoms with Crippen molar-refractivity contribution in [2.45, 2.75) is 45.8 Å². The van der Waals surface area contributed by atoms with Crippen molar-refractivity contribution in [2.75, 3.05) is 20.3 Å². The van der Waals surface area contributed by atoms with E-state index in [0.717, 1.165) is 25.3 Å². The maximum atomic E-state index is 5.69. The number of hydrogen-bond donors (Lipinski definition) is 1. The third kappa shape index (κ3) is 5.62. The first-order valence-corrected chi connectivity index (χ1v) is 6.97. The van der Waals surface area contributed by atoms with Gasteiger partial charge in [-0.2, -0.15) is 0 Å². The first kappa shape index (κ1) is 16.0. The highest BCUT2D eigenvalue weighted by molar-refractivity contribution is 5.33. The molecule has 1 aromatic rings. The molecule has 0 heterocycles. The zero-order valence-electron chi connectivity index (χ0n) is 12.8. The van der Waals surface area contributed by atoms with Gasteiger partial charge in [0, 0.05) is 19.2 Å². The van der Waals surface area contributed by atoms with Crippen LogP contribution in [0.15, 0.2) is 24.3 Å². The van der Waals surface area contributed by atoms with Crippen LogP contribution in [-0.2, 0) is 11.2 Å². The first-order valence-electron chi connectivity index (χ1n) is 6.97. The Labute approximate surface area is 117 Å². The van der Waals surface area contributed by atoms with Crippen molar-refractivity contribution < 1.29 is 9.47 Å². The van der Waals surface area contributed by atoms with Crippen LogP contribution in [-0.4, -0.2) is 31.9 Å². The summed E-state index contributed by atoms with van der Waals surface area (Å²) in [6, 6.07) is 8.56. The van der Waals surface area contributed by atoms with E-state index in [4.69, 9.17) is 9.47 Å². The minimum Gasteiger partial charge on any atom is -0.496 e. The van der Waals surface area contributed by atoms with E-state index >= 15 is 0 Å². The van der Waals surface area contributed by atoms with Crippen LogP contribution in [0.3, 0.4) is 0 Å². The van der Waals surface area contributed by atoms with E-state index in [0.29, 0.717) is 6.04 Å². The Morgan fingerprint density at radius 1 is 1.26 bits per heavy atom. The zero-order valence-corrected chi connectivity index (χ0v) is 12.8. The Balaban J connectivity index is 2.49. The van der Waals surface area contributed by atoms with Gasteiger partial charge in [0.05, 0.1) is 12.7 Å². The van der Waals surface area contributed by atoms with Crippen LogP contribution in [0.1, 0.15) is 33.3 Å². The first-order chi connectivity index (χ1) is 8.98. The molecular formula is C16H27NO2. The fourth-order valence-corrected chi connectivity index (χ4v) is 2.14. The number of methoxy groups -OCH3 is 1. The second-order valence-electron chi connectivity index (χ2n) is 5.49. The molecule has 0 saturated heterocycles. The maximum absolute atomic E-state index is 5.69. The molecule has 0 saturated carbocycles. The Morgan fingerprint density at radius 2 is 1.95 bits per heavy atom. The van der Waals surface area contributed by atoms with Crippen molar-refractivity contribution in [2.24, 2.45) is 0 Å². The molecule has 1 unspecified atom stereocenters. The molecule has 3 heteroatoms. The largest absolute Gasteiger partial charge is 0.496 e. The van der Waals surface area contributed by atoms with Crippen molar-refractivity contribution in [1.29, 1.82) is 0 Å². The molecule has 1 N–H and O–H groups in total. The molecule has 1 rings (SSSR count). The summed E-state index contributed by atoms with van der Waals surface area (Å²) < 4.78 is 11.1. The minimum atomic E-state index is -0.121. The molecule has 0 spiro atoms. The number of ether oxygens (including phenoxy) is 2. The standard InChI is InChI=1S/C16H27NO2/c1-6-19-16(3,4)12-17-13(2)11-14-9-7-8-10-15(14)18-5/h7-10,13,17H,6,11-12H2,1-5H3. The van der Waals surface area contributed by atoms with Gasteiger partial charge in [-0.25, -0.2) is 0 Å². The monoisotopic (exact) mass is 265 g/mol. The summed E-state index contributed by atoms with van der Waals surface area (Å²) in [5.74, 6) is 0.959. The van der Waals surface area contributed by atoms with Crippen LogP contribution in [0.4, 0.5) is 0 Å². The molecule has 0 radical (unpaired) electrons. The molecule has 108 valence electrons. The number of benzene rings is 1. The summed E-state index contributed by atoms with van der Waals surface area (Å²) in [7, 11) is 1.72. The molecule has 0 aliphatic rings. The lowest BCUT2D eigenvalue weighted by atomic mass is 10.0. The third-order valence-electron chi connectivity index (χ3n) is 3.13. The van der Waals surface area contributed by atoms with Gasteiger partial charge in [-0.3, -0.25) is 0 Å². The zero-order chi connectivity index (χ0) is 14.3. The summed E-state index contributed by atoms with van der Waals surface area (Å²) in [6.45, 7) is 10.0. The number of rotatable bonds is 8. The minimum absolute atomic E-state index is 0.121. The van der Waals surface area contributed by atoms with Gasteiger partial charge < -0.3 is 14.8 Å². The van der Waals surface area contributed by atoms with E-state index in [-0.39, 0.29) is 5.60 Å². The molecule has 19 heavy (non-hydrogen) atoms. The lowest BCUT2D eigenvalue weighted by Crippen LogP contribution is -2.42. The Morgan fingerprint density at radius 3 is 2.58 bits per heavy atom. The number of para-hydroxylation sites is 1. The molecule has 0 aliphatic carbocycles. The van der Waals surface area contributed by atoms with Gasteiger partial charge >= 0.3 is 0 Å². The van der Waals surface area contributed by atoms with Crippen LogP contribution in [0, 0.1) is 0 Å². The smallest absolute Gasteiger partial charge is 0.122 e. The average molecular weight is 265 g/mol. The highest BCUT2D eigenvalue weighted by Crippen LogP contribution is 2.19. The molecule has 0 bridgehead atoms. The van der Waals surface area contributed by atoms with Crippen LogP contribution in [0.25, 0.3) is 0 Å². The predicted octanol–water partition coefficient (Wildman–Crippen LogP) is 3.03. The van der Waals surface area contributed by atoms with Gasteiger partial charge in [0.2, 0.25) is 0 Å². The molecule has 0 aliphatic heterocycles. The van der Waals surface area contributed by atoms with Crippen LogP contribution < -0.4 is 10.1 Å². The van der Waals surface area contributed by atoms with E-state index < -0.39 is 0 Å². The predicted molar refractivity (Wildman–Crippen MR) is 79.9 cm³/mol. The molecule has 1 atom stereocenters. The average Bonchev–Trinajstić information content (AvgIpc) is 2.37. The quantitative estimate of drug-likeness (QED) is 0.783. The second kappa shape index (κ2) is 7.51. The maximum Gasteiger partial charge on any atom is 0.122 e. The molecular weight excluding hydrogens is 238 g/mol. The lowest BCUT2D eigenvalue weighted by molar-refractivity contribution is -0.0102. The summed E-state index contributed by atoms with van der Waals surface area (Å²) >= 11 is 0. The SMILES string of the molecule is CCOC(C)(C)CNC(C)Cc1ccccc1OC. The normalized spacial score (nSPS) is 13.3. The van der Waals surface area contributed by atoms with Gasteiger partial charge in [-0.15, -0.1) is 0 Å². The van der Waals surface area contributed by atoms with E-state index in [2.05, 4.69) is 38.2 Å². The fourth-order valence-electron chi connectivity index (χ4n) is 2.14. The second-order valence-corrected chi connectivity index (χ2v) is 5.49. The van der Waals surface area contributed by atoms with Crippen molar-refractivity contribution >= 4 is 0 Å². The summed E-state index contributed by atoms with van der Waals surface area (Å²) in [6.07, 6.45) is 0.951. The Hall–Kier alpha value is -1.06. The van der Waals surface area contributed by atoms with Crippen molar-refractivity contribution in [1.82, 2.24) is 5.32 Å². The van der Waals surface area contributed by atoms with Crippen molar-refractivity contribution in [3.8, 4) is 5.75 Å². The van der Waals surface area contributed by atoms with Crippen molar-refractivity contribution in [3.63, 3.8) is 0 Å². The molecule has 0 fully saturated rings. The van der Waals surface area contributed by atoms with Gasteiger partial charge in [-0.1, -0.05) is 18.2 Å². The summed E-state index contributed by atoms with van der Waals surface area (Å²) in [5, 5.41) is 3.53. The van der Waals surface area contributed by atoms with E-state index in [1.807, 2.05) is 19.1 Å². The highest BCUT2D eigenvalue weighted by atomic mass is 16.5. The summed E-state index contributed by atoms with van der Waals surface area (Å²) in [4.78, 5) is 0. The van der Waals surface area contributed by atoms with Crippen LogP contribution in [0.5, 0.6) is 5.75 Å². The molecule has 1 aromatic carbocycles. The fraction of sp³-hybridized carbons (Fsp3) is 0.625. The van der Waals surface area contributed by atoms with Gasteiger partial charge in [0.15, 0.2) is 0 Å². The number of nitrogens with one attached hydrogen (secondary N) is 1. The summed E-state index contributed by atoms with van der Waals surface area (Å²) in [5.41, 5.74) is 1.11. The van der Waals surface area contributed by atoms with E-state index in [1.54, 1.807) is 7.11 Å². The Kier molecular flexibility index (Phi) is 6.32. The number of hydrogen-bond acceptors (Lipinski definition) is 3. The van der Waals surface area contributed by atoms with Gasteiger partial charge in [0.25, 0.3) is 0 Å². The van der Waals surface area contributed by atoms with Gasteiger partial charge in [0.1, 0.15) is 5.75 Å². The lowest BCUT2D eigenvalue weighted by Gasteiger charge is -2.27. The van der Waals surface area contributed by atoms with Gasteiger partial charge in [-0.05, 0) is 45.7 Å². The third-order valence-corrected chi connectivity index (χ3v) is 3.13. The highest BCUT2D eigenvalue weighted by Gasteiger charge is 2.18. The van der Waals surface area contributed by atoms with E-state index in [1.165, 1.54) is 5.56 Å². The molecule has 3 nitrogen and oxygen atoms in total. The van der Waals surface area contributed by atoms with Crippen molar-refractivity contribution in [3.05, 3.63) is 29.8 Å². The molecule has 0 aromatic heterocycles. The van der Waals surface area contributed by atoms with E-state index in [9.17, 15) is 0 Å². The van der Waals surface area contributed by atoms with Crippen LogP contribution >= 0.6 is 0 Å². The Bertz CT molecular complexity index is 377. The topological polar surface area (TPSA) is 30.5 Å². The van der Waals surface area contributed by atoms with Crippen LogP contribution in [0.2, 0.25) is 0 Å². The molecule has 0 amide bonds.